The highest BCUT2D eigenvalue weighted by Crippen LogP contribution is 2.17. The van der Waals surface area contributed by atoms with E-state index >= 15 is 0 Å². The van der Waals surface area contributed by atoms with Crippen LogP contribution in [0.15, 0.2) is 5.16 Å². The van der Waals surface area contributed by atoms with Crippen LogP contribution in [0, 0.1) is 0 Å². The fourth-order valence-electron chi connectivity index (χ4n) is 1.78. The van der Waals surface area contributed by atoms with E-state index in [1.165, 1.54) is 18.2 Å². The van der Waals surface area contributed by atoms with Gasteiger partial charge < -0.3 is 10.5 Å². The lowest BCUT2D eigenvalue weighted by atomic mass is 10.1. The molecule has 16 heavy (non-hydrogen) atoms. The van der Waals surface area contributed by atoms with Crippen LogP contribution in [0.5, 0.6) is 0 Å². The van der Waals surface area contributed by atoms with E-state index in [2.05, 4.69) is 15.0 Å². The third-order valence-electron chi connectivity index (χ3n) is 2.57. The Bertz CT molecular complexity index is 355. The Hall–Kier alpha value is -0.880. The van der Waals surface area contributed by atoms with Crippen LogP contribution in [0.4, 0.5) is 5.95 Å². The molecule has 2 heterocycles. The number of hydrogen-bond acceptors (Lipinski definition) is 6. The predicted octanol–water partition coefficient (Wildman–Crippen LogP) is 1.29. The molecule has 1 aromatic heterocycles. The minimum atomic E-state index is 0.307. The van der Waals surface area contributed by atoms with Crippen molar-refractivity contribution in [3.05, 3.63) is 5.82 Å². The maximum absolute atomic E-state index is 5.61. The highest BCUT2D eigenvalue weighted by molar-refractivity contribution is 7.98. The lowest BCUT2D eigenvalue weighted by Gasteiger charge is -2.08. The first-order valence-corrected chi connectivity index (χ1v) is 6.66. The summed E-state index contributed by atoms with van der Waals surface area (Å²) >= 11 is 1.48. The van der Waals surface area contributed by atoms with Crippen LogP contribution in [0.2, 0.25) is 0 Å². The van der Waals surface area contributed by atoms with E-state index in [1.807, 2.05) is 6.26 Å². The van der Waals surface area contributed by atoms with Crippen molar-refractivity contribution in [3.63, 3.8) is 0 Å². The molecule has 1 atom stereocenters. The van der Waals surface area contributed by atoms with Gasteiger partial charge in [-0.15, -0.1) is 0 Å². The van der Waals surface area contributed by atoms with E-state index in [0.29, 0.717) is 17.2 Å². The number of nitrogens with zero attached hydrogens (tertiary/aromatic N) is 3. The number of hydrogen-bond donors (Lipinski definition) is 1. The fraction of sp³-hybridized carbons (Fsp3) is 0.700. The van der Waals surface area contributed by atoms with E-state index < -0.39 is 0 Å². The normalized spacial score (nSPS) is 20.2. The van der Waals surface area contributed by atoms with Crippen LogP contribution >= 0.6 is 11.8 Å². The topological polar surface area (TPSA) is 73.9 Å². The SMILES string of the molecule is CSc1nc(N)nc(CCC2CCCO2)n1. The van der Waals surface area contributed by atoms with Gasteiger partial charge in [-0.3, -0.25) is 0 Å². The monoisotopic (exact) mass is 240 g/mol. The van der Waals surface area contributed by atoms with Crippen molar-refractivity contribution in [2.24, 2.45) is 0 Å². The van der Waals surface area contributed by atoms with Crippen molar-refractivity contribution in [3.8, 4) is 0 Å². The highest BCUT2D eigenvalue weighted by atomic mass is 32.2. The molecule has 2 N–H and O–H groups in total. The summed E-state index contributed by atoms with van der Waals surface area (Å²) in [6.45, 7) is 0.889. The number of rotatable bonds is 4. The summed E-state index contributed by atoms with van der Waals surface area (Å²) in [7, 11) is 0. The molecular weight excluding hydrogens is 224 g/mol. The molecule has 88 valence electrons. The van der Waals surface area contributed by atoms with Crippen LogP contribution in [-0.4, -0.2) is 33.9 Å². The summed E-state index contributed by atoms with van der Waals surface area (Å²) in [5, 5.41) is 0.690. The second kappa shape index (κ2) is 5.45. The zero-order chi connectivity index (χ0) is 11.4. The Labute approximate surface area is 99.2 Å². The van der Waals surface area contributed by atoms with Gasteiger partial charge in [-0.2, -0.15) is 9.97 Å². The molecule has 1 unspecified atom stereocenters. The quantitative estimate of drug-likeness (QED) is 0.799. The third kappa shape index (κ3) is 3.05. The molecule has 6 heteroatoms. The molecule has 1 saturated heterocycles. The van der Waals surface area contributed by atoms with Crippen LogP contribution in [-0.2, 0) is 11.2 Å². The Morgan fingerprint density at radius 1 is 1.44 bits per heavy atom. The molecule has 0 saturated carbocycles. The number of aryl methyl sites for hydroxylation is 1. The summed E-state index contributed by atoms with van der Waals surface area (Å²) in [4.78, 5) is 12.5. The summed E-state index contributed by atoms with van der Waals surface area (Å²) < 4.78 is 5.55. The first kappa shape index (κ1) is 11.6. The van der Waals surface area contributed by atoms with Gasteiger partial charge in [-0.1, -0.05) is 11.8 Å². The second-order valence-corrected chi connectivity index (χ2v) is 4.54. The molecule has 0 aliphatic carbocycles. The van der Waals surface area contributed by atoms with Crippen molar-refractivity contribution in [1.29, 1.82) is 0 Å². The predicted molar refractivity (Wildman–Crippen MR) is 63.3 cm³/mol. The molecule has 1 aromatic rings. The summed E-state index contributed by atoms with van der Waals surface area (Å²) in [5.74, 6) is 1.08. The Morgan fingerprint density at radius 2 is 2.31 bits per heavy atom. The fourth-order valence-corrected chi connectivity index (χ4v) is 2.16. The molecule has 1 fully saturated rings. The molecule has 1 aliphatic rings. The van der Waals surface area contributed by atoms with Crippen molar-refractivity contribution < 1.29 is 4.74 Å². The highest BCUT2D eigenvalue weighted by Gasteiger charge is 2.16. The Balaban J connectivity index is 1.94. The molecule has 0 spiro atoms. The summed E-state index contributed by atoms with van der Waals surface area (Å²) in [6, 6.07) is 0. The molecule has 5 nitrogen and oxygen atoms in total. The number of nitrogen functional groups attached to an aromatic ring is 1. The summed E-state index contributed by atoms with van der Waals surface area (Å²) in [5.41, 5.74) is 5.61. The number of ether oxygens (including phenoxy) is 1. The Kier molecular flexibility index (Phi) is 3.95. The molecule has 1 aliphatic heterocycles. The molecular formula is C10H16N4OS. The van der Waals surface area contributed by atoms with Crippen LogP contribution < -0.4 is 5.73 Å². The Morgan fingerprint density at radius 3 is 3.00 bits per heavy atom. The number of aromatic nitrogens is 3. The average molecular weight is 240 g/mol. The van der Waals surface area contributed by atoms with Gasteiger partial charge in [0.2, 0.25) is 5.95 Å². The van der Waals surface area contributed by atoms with Gasteiger partial charge in [-0.25, -0.2) is 4.98 Å². The number of thioether (sulfide) groups is 1. The first-order valence-electron chi connectivity index (χ1n) is 5.44. The average Bonchev–Trinajstić information content (AvgIpc) is 2.78. The first-order chi connectivity index (χ1) is 7.78. The van der Waals surface area contributed by atoms with Gasteiger partial charge in [-0.05, 0) is 25.5 Å². The number of anilines is 1. The van der Waals surface area contributed by atoms with Gasteiger partial charge in [0, 0.05) is 13.0 Å². The zero-order valence-electron chi connectivity index (χ0n) is 9.35. The maximum atomic E-state index is 5.61. The molecule has 0 amide bonds. The standard InChI is InChI=1S/C10H16N4OS/c1-16-10-13-8(12-9(11)14-10)5-4-7-3-2-6-15-7/h7H,2-6H2,1H3,(H2,11,12,13,14). The van der Waals surface area contributed by atoms with Crippen LogP contribution in [0.1, 0.15) is 25.1 Å². The third-order valence-corrected chi connectivity index (χ3v) is 3.12. The zero-order valence-corrected chi connectivity index (χ0v) is 10.2. The maximum Gasteiger partial charge on any atom is 0.224 e. The van der Waals surface area contributed by atoms with Gasteiger partial charge in [0.05, 0.1) is 6.10 Å². The van der Waals surface area contributed by atoms with Gasteiger partial charge in [0.1, 0.15) is 5.82 Å². The van der Waals surface area contributed by atoms with Crippen molar-refractivity contribution in [1.82, 2.24) is 15.0 Å². The summed E-state index contributed by atoms with van der Waals surface area (Å²) in [6.07, 6.45) is 6.40. The van der Waals surface area contributed by atoms with Crippen LogP contribution in [0.3, 0.4) is 0 Å². The van der Waals surface area contributed by atoms with E-state index in [0.717, 1.165) is 31.7 Å². The smallest absolute Gasteiger partial charge is 0.224 e. The minimum absolute atomic E-state index is 0.307. The molecule has 0 radical (unpaired) electrons. The lowest BCUT2D eigenvalue weighted by molar-refractivity contribution is 0.104. The van der Waals surface area contributed by atoms with Gasteiger partial charge in [0.25, 0.3) is 0 Å². The van der Waals surface area contributed by atoms with E-state index in [1.54, 1.807) is 0 Å². The lowest BCUT2D eigenvalue weighted by Crippen LogP contribution is -2.10. The minimum Gasteiger partial charge on any atom is -0.378 e. The molecule has 0 aromatic carbocycles. The molecule has 2 rings (SSSR count). The van der Waals surface area contributed by atoms with Crippen molar-refractivity contribution in [2.45, 2.75) is 36.9 Å². The van der Waals surface area contributed by atoms with E-state index in [9.17, 15) is 0 Å². The number of nitrogens with two attached hydrogens (primary N) is 1. The van der Waals surface area contributed by atoms with Crippen molar-refractivity contribution in [2.75, 3.05) is 18.6 Å². The van der Waals surface area contributed by atoms with E-state index in [-0.39, 0.29) is 0 Å². The van der Waals surface area contributed by atoms with E-state index in [4.69, 9.17) is 10.5 Å². The van der Waals surface area contributed by atoms with Gasteiger partial charge >= 0.3 is 0 Å². The van der Waals surface area contributed by atoms with Gasteiger partial charge in [0.15, 0.2) is 5.16 Å². The second-order valence-electron chi connectivity index (χ2n) is 3.77. The van der Waals surface area contributed by atoms with Crippen LogP contribution in [0.25, 0.3) is 0 Å². The van der Waals surface area contributed by atoms with Crippen molar-refractivity contribution >= 4 is 17.7 Å². The largest absolute Gasteiger partial charge is 0.378 e. The molecule has 0 bridgehead atoms.